The molecule has 6 nitrogen and oxygen atoms in total. The van der Waals surface area contributed by atoms with E-state index < -0.39 is 0 Å². The maximum absolute atomic E-state index is 12.0. The average molecular weight is 332 g/mol. The first-order valence-corrected chi connectivity index (χ1v) is 7.84. The molecule has 0 bridgehead atoms. The maximum atomic E-state index is 12.0. The van der Waals surface area contributed by atoms with Crippen LogP contribution in [0, 0.1) is 0 Å². The van der Waals surface area contributed by atoms with Crippen molar-refractivity contribution < 1.29 is 18.7 Å². The van der Waals surface area contributed by atoms with Crippen LogP contribution in [0.2, 0.25) is 0 Å². The van der Waals surface area contributed by atoms with Crippen LogP contribution in [0.1, 0.15) is 18.2 Å². The minimum Gasteiger partial charge on any atom is -0.493 e. The Balaban J connectivity index is 1.77. The van der Waals surface area contributed by atoms with Crippen LogP contribution in [0.25, 0.3) is 0 Å². The van der Waals surface area contributed by atoms with Crippen LogP contribution in [-0.4, -0.2) is 45.2 Å². The second-order valence-corrected chi connectivity index (χ2v) is 5.55. The van der Waals surface area contributed by atoms with Gasteiger partial charge in [0, 0.05) is 6.54 Å². The Labute approximate surface area is 142 Å². The Kier molecular flexibility index (Phi) is 6.69. The van der Waals surface area contributed by atoms with Crippen molar-refractivity contribution >= 4 is 5.91 Å². The molecule has 2 rings (SSSR count). The molecule has 130 valence electrons. The van der Waals surface area contributed by atoms with Gasteiger partial charge in [-0.25, -0.2) is 0 Å². The number of amides is 1. The predicted octanol–water partition coefficient (Wildman–Crippen LogP) is 2.48. The second kappa shape index (κ2) is 8.98. The number of methoxy groups -OCH3 is 1. The lowest BCUT2D eigenvalue weighted by molar-refractivity contribution is -0.121. The topological polar surface area (TPSA) is 63.9 Å². The summed E-state index contributed by atoms with van der Waals surface area (Å²) in [7, 11) is 5.49. The van der Waals surface area contributed by atoms with E-state index in [4.69, 9.17) is 13.9 Å². The number of nitrogens with zero attached hydrogens (tertiary/aromatic N) is 1. The number of furan rings is 1. The van der Waals surface area contributed by atoms with Crippen LogP contribution >= 0.6 is 0 Å². The van der Waals surface area contributed by atoms with Crippen LogP contribution in [0.3, 0.4) is 0 Å². The van der Waals surface area contributed by atoms with Crippen molar-refractivity contribution in [3.8, 4) is 11.5 Å². The molecular formula is C18H24N2O4. The van der Waals surface area contributed by atoms with Crippen LogP contribution in [-0.2, 0) is 4.79 Å². The molecule has 0 aliphatic carbocycles. The van der Waals surface area contributed by atoms with Crippen molar-refractivity contribution in [2.24, 2.45) is 0 Å². The van der Waals surface area contributed by atoms with Gasteiger partial charge in [-0.1, -0.05) is 12.1 Å². The van der Waals surface area contributed by atoms with E-state index in [1.807, 2.05) is 55.4 Å². The van der Waals surface area contributed by atoms with E-state index in [0.29, 0.717) is 24.7 Å². The van der Waals surface area contributed by atoms with Crippen molar-refractivity contribution in [3.05, 3.63) is 48.4 Å². The zero-order valence-corrected chi connectivity index (χ0v) is 14.3. The highest BCUT2D eigenvalue weighted by Crippen LogP contribution is 2.25. The molecule has 0 radical (unpaired) electrons. The molecule has 2 aromatic rings. The Morgan fingerprint density at radius 3 is 2.58 bits per heavy atom. The Bertz CT molecular complexity index is 626. The van der Waals surface area contributed by atoms with Gasteiger partial charge in [-0.15, -0.1) is 0 Å². The molecular weight excluding hydrogens is 308 g/mol. The number of rotatable bonds is 9. The fraction of sp³-hybridized carbons (Fsp3) is 0.389. The standard InChI is InChI=1S/C18H24N2O4/c1-20(2)14(15-9-6-11-23-15)13-19-18(21)10-12-24-17-8-5-4-7-16(17)22-3/h4-9,11,14H,10,12-13H2,1-3H3,(H,19,21). The van der Waals surface area contributed by atoms with Gasteiger partial charge in [0.1, 0.15) is 5.76 Å². The summed E-state index contributed by atoms with van der Waals surface area (Å²) in [6, 6.07) is 11.1. The summed E-state index contributed by atoms with van der Waals surface area (Å²) < 4.78 is 16.2. The first-order chi connectivity index (χ1) is 11.6. The molecule has 1 atom stereocenters. The third kappa shape index (κ3) is 5.03. The molecule has 1 aromatic carbocycles. The number of hydrogen-bond donors (Lipinski definition) is 1. The number of para-hydroxylation sites is 2. The van der Waals surface area contributed by atoms with E-state index in [0.717, 1.165) is 5.76 Å². The summed E-state index contributed by atoms with van der Waals surface area (Å²) in [5, 5.41) is 2.92. The fourth-order valence-electron chi connectivity index (χ4n) is 2.31. The Morgan fingerprint density at radius 1 is 1.21 bits per heavy atom. The summed E-state index contributed by atoms with van der Waals surface area (Å²) in [6.07, 6.45) is 1.91. The first-order valence-electron chi connectivity index (χ1n) is 7.84. The van der Waals surface area contributed by atoms with E-state index in [-0.39, 0.29) is 18.4 Å². The molecule has 0 aliphatic heterocycles. The molecule has 1 heterocycles. The molecule has 1 unspecified atom stereocenters. The number of likely N-dealkylation sites (N-methyl/N-ethyl adjacent to an activating group) is 1. The Morgan fingerprint density at radius 2 is 1.96 bits per heavy atom. The van der Waals surface area contributed by atoms with Gasteiger partial charge in [-0.2, -0.15) is 0 Å². The van der Waals surface area contributed by atoms with Gasteiger partial charge in [0.2, 0.25) is 5.91 Å². The van der Waals surface area contributed by atoms with Crippen LogP contribution in [0.15, 0.2) is 47.1 Å². The van der Waals surface area contributed by atoms with Crippen LogP contribution < -0.4 is 14.8 Å². The SMILES string of the molecule is COc1ccccc1OCCC(=O)NCC(c1ccco1)N(C)C. The normalized spacial score (nSPS) is 12.0. The summed E-state index contributed by atoms with van der Waals surface area (Å²) in [5.74, 6) is 2.05. The monoisotopic (exact) mass is 332 g/mol. The van der Waals surface area contributed by atoms with Gasteiger partial charge in [0.25, 0.3) is 0 Å². The van der Waals surface area contributed by atoms with Crippen molar-refractivity contribution in [1.82, 2.24) is 10.2 Å². The van der Waals surface area contributed by atoms with Gasteiger partial charge in [-0.3, -0.25) is 9.69 Å². The van der Waals surface area contributed by atoms with Crippen LogP contribution in [0.4, 0.5) is 0 Å². The highest BCUT2D eigenvalue weighted by Gasteiger charge is 2.17. The lowest BCUT2D eigenvalue weighted by atomic mass is 10.2. The number of carbonyl (C=O) groups is 1. The lowest BCUT2D eigenvalue weighted by Crippen LogP contribution is -2.34. The van der Waals surface area contributed by atoms with E-state index in [2.05, 4.69) is 5.32 Å². The van der Waals surface area contributed by atoms with Gasteiger partial charge >= 0.3 is 0 Å². The van der Waals surface area contributed by atoms with Gasteiger partial charge in [-0.05, 0) is 38.4 Å². The molecule has 0 saturated carbocycles. The minimum absolute atomic E-state index is 0.000847. The summed E-state index contributed by atoms with van der Waals surface area (Å²) in [5.41, 5.74) is 0. The van der Waals surface area contributed by atoms with Crippen molar-refractivity contribution in [3.63, 3.8) is 0 Å². The third-order valence-electron chi connectivity index (χ3n) is 3.64. The smallest absolute Gasteiger partial charge is 0.223 e. The average Bonchev–Trinajstić information content (AvgIpc) is 3.09. The van der Waals surface area contributed by atoms with Crippen LogP contribution in [0.5, 0.6) is 11.5 Å². The third-order valence-corrected chi connectivity index (χ3v) is 3.64. The number of benzene rings is 1. The number of hydrogen-bond acceptors (Lipinski definition) is 5. The zero-order chi connectivity index (χ0) is 17.4. The molecule has 0 saturated heterocycles. The lowest BCUT2D eigenvalue weighted by Gasteiger charge is -2.22. The molecule has 6 heteroatoms. The fourth-order valence-corrected chi connectivity index (χ4v) is 2.31. The summed E-state index contributed by atoms with van der Waals surface area (Å²) in [4.78, 5) is 14.0. The molecule has 0 fully saturated rings. The minimum atomic E-state index is -0.0664. The predicted molar refractivity (Wildman–Crippen MR) is 91.3 cm³/mol. The second-order valence-electron chi connectivity index (χ2n) is 5.55. The summed E-state index contributed by atoms with van der Waals surface area (Å²) in [6.45, 7) is 0.771. The van der Waals surface area contributed by atoms with Crippen molar-refractivity contribution in [1.29, 1.82) is 0 Å². The highest BCUT2D eigenvalue weighted by atomic mass is 16.5. The number of nitrogens with one attached hydrogen (secondary N) is 1. The largest absolute Gasteiger partial charge is 0.493 e. The van der Waals surface area contributed by atoms with Gasteiger partial charge in [0.15, 0.2) is 11.5 Å². The number of ether oxygens (including phenoxy) is 2. The van der Waals surface area contributed by atoms with Gasteiger partial charge < -0.3 is 19.2 Å². The molecule has 1 aromatic heterocycles. The van der Waals surface area contributed by atoms with E-state index in [1.165, 1.54) is 0 Å². The molecule has 24 heavy (non-hydrogen) atoms. The van der Waals surface area contributed by atoms with Gasteiger partial charge in [0.05, 0.1) is 32.4 Å². The molecule has 1 N–H and O–H groups in total. The maximum Gasteiger partial charge on any atom is 0.223 e. The van der Waals surface area contributed by atoms with Crippen molar-refractivity contribution in [2.45, 2.75) is 12.5 Å². The molecule has 0 aliphatic rings. The molecule has 0 spiro atoms. The van der Waals surface area contributed by atoms with E-state index >= 15 is 0 Å². The highest BCUT2D eigenvalue weighted by molar-refractivity contribution is 5.76. The number of carbonyl (C=O) groups excluding carboxylic acids is 1. The van der Waals surface area contributed by atoms with E-state index in [9.17, 15) is 4.79 Å². The quantitative estimate of drug-likeness (QED) is 0.764. The summed E-state index contributed by atoms with van der Waals surface area (Å²) >= 11 is 0. The van der Waals surface area contributed by atoms with E-state index in [1.54, 1.807) is 13.4 Å². The molecule has 1 amide bonds. The zero-order valence-electron chi connectivity index (χ0n) is 14.3. The van der Waals surface area contributed by atoms with Crippen molar-refractivity contribution in [2.75, 3.05) is 34.4 Å². The first kappa shape index (κ1) is 17.9. The Hall–Kier alpha value is -2.47.